The monoisotopic (exact) mass is 496 g/mol. The highest BCUT2D eigenvalue weighted by Gasteiger charge is 2.29. The second-order valence-corrected chi connectivity index (χ2v) is 10.4. The van der Waals surface area contributed by atoms with Crippen LogP contribution in [0.2, 0.25) is 5.02 Å². The number of methoxy groups -OCH3 is 1. The number of nitrogens with zero attached hydrogens (tertiary/aromatic N) is 2. The maximum Gasteiger partial charge on any atom is 0.338 e. The molecule has 2 heterocycles. The molecule has 180 valence electrons. The fraction of sp³-hybridized carbons (Fsp3) is 0.478. The molecule has 0 amide bonds. The summed E-state index contributed by atoms with van der Waals surface area (Å²) in [5.74, 6) is -1.13. The number of piperidine rings is 1. The van der Waals surface area contributed by atoms with Crippen molar-refractivity contribution >= 4 is 33.4 Å². The number of Topliss-reactive ketones (excluding diaryl/α,β-unsaturated/α-hetero) is 1. The molecule has 0 N–H and O–H groups in total. The van der Waals surface area contributed by atoms with Gasteiger partial charge in [0, 0.05) is 43.7 Å². The number of aromatic nitrogens is 1. The summed E-state index contributed by atoms with van der Waals surface area (Å²) in [7, 11) is -2.21. The number of ether oxygens (including phenoxy) is 2. The minimum absolute atomic E-state index is 0.0216. The van der Waals surface area contributed by atoms with Crippen molar-refractivity contribution in [1.29, 1.82) is 0 Å². The second kappa shape index (κ2) is 10.8. The Kier molecular flexibility index (Phi) is 8.33. The largest absolute Gasteiger partial charge is 0.454 e. The number of carbonyl (C=O) groups excluding carboxylic acids is 2. The van der Waals surface area contributed by atoms with E-state index in [0.717, 1.165) is 30.7 Å². The lowest BCUT2D eigenvalue weighted by Gasteiger charge is -2.26. The van der Waals surface area contributed by atoms with Crippen LogP contribution < -0.4 is 0 Å². The van der Waals surface area contributed by atoms with E-state index in [0.29, 0.717) is 31.8 Å². The number of carbonyl (C=O) groups is 2. The van der Waals surface area contributed by atoms with Crippen LogP contribution in [-0.2, 0) is 26.0 Å². The van der Waals surface area contributed by atoms with Gasteiger partial charge in [-0.25, -0.2) is 13.2 Å². The number of ketones is 1. The highest BCUT2D eigenvalue weighted by atomic mass is 35.5. The number of esters is 1. The molecule has 2 aromatic rings. The molecular weight excluding hydrogens is 468 g/mol. The Balaban J connectivity index is 1.72. The van der Waals surface area contributed by atoms with Crippen LogP contribution in [-0.4, -0.2) is 62.5 Å². The predicted molar refractivity (Wildman–Crippen MR) is 124 cm³/mol. The summed E-state index contributed by atoms with van der Waals surface area (Å²) in [6.07, 6.45) is 2.55. The molecule has 10 heteroatoms. The van der Waals surface area contributed by atoms with Crippen LogP contribution in [0.4, 0.5) is 0 Å². The zero-order valence-corrected chi connectivity index (χ0v) is 20.7. The summed E-state index contributed by atoms with van der Waals surface area (Å²) in [6.45, 7) is 5.23. The zero-order valence-electron chi connectivity index (χ0n) is 19.1. The average Bonchev–Trinajstić information content (AvgIpc) is 3.09. The van der Waals surface area contributed by atoms with E-state index in [2.05, 4.69) is 0 Å². The number of hydrogen-bond donors (Lipinski definition) is 0. The van der Waals surface area contributed by atoms with E-state index in [9.17, 15) is 18.0 Å². The summed E-state index contributed by atoms with van der Waals surface area (Å²) in [4.78, 5) is 25.1. The molecule has 3 rings (SSSR count). The van der Waals surface area contributed by atoms with Crippen molar-refractivity contribution in [1.82, 2.24) is 8.87 Å². The van der Waals surface area contributed by atoms with Gasteiger partial charge >= 0.3 is 5.97 Å². The Morgan fingerprint density at radius 1 is 1.09 bits per heavy atom. The van der Waals surface area contributed by atoms with E-state index >= 15 is 0 Å². The first-order chi connectivity index (χ1) is 15.7. The van der Waals surface area contributed by atoms with Gasteiger partial charge in [0.15, 0.2) is 6.61 Å². The van der Waals surface area contributed by atoms with Crippen molar-refractivity contribution in [3.8, 4) is 0 Å². The highest BCUT2D eigenvalue weighted by Crippen LogP contribution is 2.28. The molecule has 1 aromatic carbocycles. The maximum absolute atomic E-state index is 13.0. The Morgan fingerprint density at radius 3 is 2.45 bits per heavy atom. The van der Waals surface area contributed by atoms with Crippen LogP contribution in [0.25, 0.3) is 0 Å². The van der Waals surface area contributed by atoms with Crippen LogP contribution in [0, 0.1) is 13.8 Å². The summed E-state index contributed by atoms with van der Waals surface area (Å²) < 4.78 is 39.7. The standard InChI is InChI=1S/C23H29ClN2O6S/c1-16-13-19(17(2)26(16)11-12-31-3)21(27)15-32-23(28)18-7-8-20(24)22(14-18)33(29,30)25-9-5-4-6-10-25/h7-8,13-14H,4-6,9-12,15H2,1-3H3. The van der Waals surface area contributed by atoms with Crippen LogP contribution >= 0.6 is 11.6 Å². The van der Waals surface area contributed by atoms with Crippen LogP contribution in [0.1, 0.15) is 51.4 Å². The number of sulfonamides is 1. The summed E-state index contributed by atoms with van der Waals surface area (Å²) in [5, 5.41) is 0.0386. The minimum atomic E-state index is -3.82. The summed E-state index contributed by atoms with van der Waals surface area (Å²) >= 11 is 6.16. The SMILES string of the molecule is COCCn1c(C)cc(C(=O)COC(=O)c2ccc(Cl)c(S(=O)(=O)N3CCCCC3)c2)c1C. The molecule has 1 saturated heterocycles. The molecule has 0 radical (unpaired) electrons. The Labute approximate surface area is 199 Å². The van der Waals surface area contributed by atoms with Gasteiger partial charge in [0.1, 0.15) is 4.90 Å². The molecule has 0 spiro atoms. The van der Waals surface area contributed by atoms with E-state index in [1.54, 1.807) is 13.2 Å². The normalized spacial score (nSPS) is 14.9. The molecule has 0 atom stereocenters. The van der Waals surface area contributed by atoms with Gasteiger partial charge in [0.25, 0.3) is 0 Å². The molecule has 0 aliphatic carbocycles. The zero-order chi connectivity index (χ0) is 24.2. The van der Waals surface area contributed by atoms with Crippen molar-refractivity contribution in [3.63, 3.8) is 0 Å². The lowest BCUT2D eigenvalue weighted by Crippen LogP contribution is -2.35. The average molecular weight is 497 g/mol. The number of hydrogen-bond acceptors (Lipinski definition) is 6. The van der Waals surface area contributed by atoms with Gasteiger partial charge in [-0.15, -0.1) is 0 Å². The first-order valence-corrected chi connectivity index (χ1v) is 12.6. The third-order valence-electron chi connectivity index (χ3n) is 5.83. The van der Waals surface area contributed by atoms with E-state index in [-0.39, 0.29) is 21.3 Å². The smallest absolute Gasteiger partial charge is 0.338 e. The number of aryl methyl sites for hydroxylation is 1. The molecule has 0 bridgehead atoms. The van der Waals surface area contributed by atoms with Crippen LogP contribution in [0.15, 0.2) is 29.2 Å². The Hall–Kier alpha value is -2.20. The fourth-order valence-electron chi connectivity index (χ4n) is 3.97. The molecular formula is C23H29ClN2O6S. The quantitative estimate of drug-likeness (QED) is 0.388. The van der Waals surface area contributed by atoms with Gasteiger partial charge in [0.2, 0.25) is 15.8 Å². The van der Waals surface area contributed by atoms with E-state index in [1.807, 2.05) is 18.4 Å². The van der Waals surface area contributed by atoms with Gasteiger partial charge in [-0.3, -0.25) is 4.79 Å². The van der Waals surface area contributed by atoms with Crippen molar-refractivity contribution < 1.29 is 27.5 Å². The molecule has 0 unspecified atom stereocenters. The molecule has 0 saturated carbocycles. The number of halogens is 1. The molecule has 1 aliphatic rings. The van der Waals surface area contributed by atoms with E-state index < -0.39 is 22.6 Å². The molecule has 1 aliphatic heterocycles. The van der Waals surface area contributed by atoms with Gasteiger partial charge in [0.05, 0.1) is 17.2 Å². The lowest BCUT2D eigenvalue weighted by molar-refractivity contribution is 0.0474. The number of benzene rings is 1. The third kappa shape index (κ3) is 5.66. The molecule has 1 fully saturated rings. The molecule has 8 nitrogen and oxygen atoms in total. The van der Waals surface area contributed by atoms with Gasteiger partial charge < -0.3 is 14.0 Å². The predicted octanol–water partition coefficient (Wildman–Crippen LogP) is 3.62. The minimum Gasteiger partial charge on any atom is -0.454 e. The van der Waals surface area contributed by atoms with Gasteiger partial charge in [-0.1, -0.05) is 18.0 Å². The van der Waals surface area contributed by atoms with Gasteiger partial charge in [-0.2, -0.15) is 4.31 Å². The van der Waals surface area contributed by atoms with Crippen molar-refractivity contribution in [3.05, 3.63) is 51.8 Å². The van der Waals surface area contributed by atoms with Crippen molar-refractivity contribution in [2.45, 2.75) is 44.6 Å². The van der Waals surface area contributed by atoms with Crippen LogP contribution in [0.5, 0.6) is 0 Å². The Bertz CT molecular complexity index is 1140. The van der Waals surface area contributed by atoms with Crippen molar-refractivity contribution in [2.75, 3.05) is 33.4 Å². The number of rotatable bonds is 9. The van der Waals surface area contributed by atoms with E-state index in [4.69, 9.17) is 21.1 Å². The topological polar surface area (TPSA) is 94.9 Å². The van der Waals surface area contributed by atoms with Crippen molar-refractivity contribution in [2.24, 2.45) is 0 Å². The first kappa shape index (κ1) is 25.4. The second-order valence-electron chi connectivity index (χ2n) is 8.04. The third-order valence-corrected chi connectivity index (χ3v) is 8.21. The van der Waals surface area contributed by atoms with E-state index in [1.165, 1.54) is 22.5 Å². The molecule has 1 aromatic heterocycles. The first-order valence-electron chi connectivity index (χ1n) is 10.8. The fourth-order valence-corrected chi connectivity index (χ4v) is 5.99. The summed E-state index contributed by atoms with van der Waals surface area (Å²) in [6, 6.07) is 5.73. The lowest BCUT2D eigenvalue weighted by atomic mass is 10.1. The highest BCUT2D eigenvalue weighted by molar-refractivity contribution is 7.89. The Morgan fingerprint density at radius 2 is 1.79 bits per heavy atom. The van der Waals surface area contributed by atoms with Gasteiger partial charge in [-0.05, 0) is 51.0 Å². The van der Waals surface area contributed by atoms with Crippen LogP contribution in [0.3, 0.4) is 0 Å². The summed E-state index contributed by atoms with van der Waals surface area (Å²) in [5.41, 5.74) is 2.17. The maximum atomic E-state index is 13.0. The molecule has 33 heavy (non-hydrogen) atoms.